The van der Waals surface area contributed by atoms with Gasteiger partial charge in [0.2, 0.25) is 0 Å². The van der Waals surface area contributed by atoms with Crippen LogP contribution in [0.2, 0.25) is 5.02 Å². The van der Waals surface area contributed by atoms with Crippen LogP contribution in [-0.2, 0) is 27.4 Å². The number of rotatable bonds is 9. The number of carbonyl (C=O) groups excluding carboxylic acids is 1. The highest BCUT2D eigenvalue weighted by Gasteiger charge is 2.45. The average Bonchev–Trinajstić information content (AvgIpc) is 3.67. The van der Waals surface area contributed by atoms with Crippen molar-refractivity contribution < 1.29 is 28.6 Å². The number of benzene rings is 2. The predicted octanol–water partition coefficient (Wildman–Crippen LogP) is 5.47. The lowest BCUT2D eigenvalue weighted by atomic mass is 9.94. The summed E-state index contributed by atoms with van der Waals surface area (Å²) in [4.78, 5) is 36.8. The minimum atomic E-state index is -1.03. The monoisotopic (exact) mass is 690 g/mol. The molecule has 0 radical (unpaired) electrons. The number of nitriles is 1. The van der Waals surface area contributed by atoms with Crippen LogP contribution in [0, 0.1) is 16.7 Å². The molecule has 1 aromatic heterocycles. The van der Waals surface area contributed by atoms with Crippen molar-refractivity contribution in [1.82, 2.24) is 19.8 Å². The SMILES string of the molecule is C=C(F)C(=O)N1CCN(c2nc(OCC3(CN4CCCC4)CC3)nc3c2COC(c2cccc4cccc(Cl)c24)C3)C[C@@H]1CC#N.O=CO. The third-order valence-electron chi connectivity index (χ3n) is 9.92. The summed E-state index contributed by atoms with van der Waals surface area (Å²) in [5, 5.41) is 19.1. The number of anilines is 1. The second-order valence-corrected chi connectivity index (χ2v) is 13.6. The Morgan fingerprint density at radius 2 is 1.92 bits per heavy atom. The topological polar surface area (TPSA) is 132 Å². The molecule has 1 N–H and O–H groups in total. The maximum absolute atomic E-state index is 13.9. The van der Waals surface area contributed by atoms with E-state index in [9.17, 15) is 14.4 Å². The number of likely N-dealkylation sites (tertiary alicyclic amines) is 1. The van der Waals surface area contributed by atoms with E-state index in [1.54, 1.807) is 0 Å². The molecule has 3 aliphatic heterocycles. The Labute approximate surface area is 289 Å². The summed E-state index contributed by atoms with van der Waals surface area (Å²) in [7, 11) is 0. The van der Waals surface area contributed by atoms with E-state index in [1.165, 1.54) is 17.7 Å². The number of fused-ring (bicyclic) bond motifs is 2. The first kappa shape index (κ1) is 34.5. The molecule has 1 saturated carbocycles. The van der Waals surface area contributed by atoms with Crippen LogP contribution in [-0.4, -0.2) is 89.2 Å². The van der Waals surface area contributed by atoms with E-state index in [2.05, 4.69) is 28.5 Å². The van der Waals surface area contributed by atoms with Crippen LogP contribution in [0.15, 0.2) is 48.8 Å². The fraction of sp³-hybridized carbons (Fsp3) is 0.472. The van der Waals surface area contributed by atoms with Crippen LogP contribution in [0.25, 0.3) is 10.8 Å². The van der Waals surface area contributed by atoms with E-state index < -0.39 is 17.8 Å². The second kappa shape index (κ2) is 15.1. The maximum atomic E-state index is 13.9. The number of piperazine rings is 1. The number of ether oxygens (including phenoxy) is 2. The van der Waals surface area contributed by atoms with Crippen molar-refractivity contribution in [3.05, 3.63) is 70.6 Å². The molecule has 0 spiro atoms. The largest absolute Gasteiger partial charge is 0.483 e. The van der Waals surface area contributed by atoms with Crippen LogP contribution >= 0.6 is 11.6 Å². The van der Waals surface area contributed by atoms with Gasteiger partial charge in [0.05, 0.1) is 43.5 Å². The lowest BCUT2D eigenvalue weighted by Crippen LogP contribution is -2.55. The van der Waals surface area contributed by atoms with Gasteiger partial charge in [0.25, 0.3) is 12.4 Å². The third-order valence-corrected chi connectivity index (χ3v) is 10.2. The van der Waals surface area contributed by atoms with Gasteiger partial charge in [-0.1, -0.05) is 48.5 Å². The number of aromatic nitrogens is 2. The highest BCUT2D eigenvalue weighted by atomic mass is 35.5. The van der Waals surface area contributed by atoms with Gasteiger partial charge in [-0.25, -0.2) is 4.39 Å². The molecule has 2 atom stereocenters. The van der Waals surface area contributed by atoms with Crippen molar-refractivity contribution in [3.8, 4) is 12.1 Å². The zero-order chi connectivity index (χ0) is 34.5. The van der Waals surface area contributed by atoms with E-state index in [0.717, 1.165) is 60.1 Å². The molecular formula is C36H40ClFN6O5. The number of amides is 1. The number of carbonyl (C=O) groups is 2. The zero-order valence-corrected chi connectivity index (χ0v) is 28.1. The van der Waals surface area contributed by atoms with E-state index in [0.29, 0.717) is 43.0 Å². The third kappa shape index (κ3) is 7.64. The fourth-order valence-electron chi connectivity index (χ4n) is 7.26. The van der Waals surface area contributed by atoms with Gasteiger partial charge in [0.1, 0.15) is 5.82 Å². The van der Waals surface area contributed by atoms with Crippen LogP contribution in [0.4, 0.5) is 10.2 Å². The summed E-state index contributed by atoms with van der Waals surface area (Å²) in [6.45, 7) is 8.06. The van der Waals surface area contributed by atoms with Crippen molar-refractivity contribution in [2.24, 2.45) is 5.41 Å². The second-order valence-electron chi connectivity index (χ2n) is 13.2. The molecule has 3 aromatic rings. The summed E-state index contributed by atoms with van der Waals surface area (Å²) in [5.74, 6) is -1.13. The molecule has 7 rings (SSSR count). The zero-order valence-electron chi connectivity index (χ0n) is 27.3. The molecule has 11 nitrogen and oxygen atoms in total. The van der Waals surface area contributed by atoms with Crippen molar-refractivity contribution in [2.45, 2.75) is 57.3 Å². The van der Waals surface area contributed by atoms with E-state index in [-0.39, 0.29) is 37.6 Å². The summed E-state index contributed by atoms with van der Waals surface area (Å²) in [5.41, 5.74) is 2.84. The molecule has 2 saturated heterocycles. The fourth-order valence-corrected chi connectivity index (χ4v) is 7.55. The molecule has 258 valence electrons. The van der Waals surface area contributed by atoms with E-state index in [4.69, 9.17) is 40.9 Å². The van der Waals surface area contributed by atoms with Crippen LogP contribution < -0.4 is 9.64 Å². The molecule has 3 fully saturated rings. The van der Waals surface area contributed by atoms with Gasteiger partial charge in [0.15, 0.2) is 5.83 Å². The highest BCUT2D eigenvalue weighted by molar-refractivity contribution is 6.35. The summed E-state index contributed by atoms with van der Waals surface area (Å²) < 4.78 is 26.8. The molecule has 13 heteroatoms. The lowest BCUT2D eigenvalue weighted by Gasteiger charge is -2.42. The van der Waals surface area contributed by atoms with Gasteiger partial charge in [-0.3, -0.25) is 9.59 Å². The maximum Gasteiger partial charge on any atom is 0.318 e. The Kier molecular flexibility index (Phi) is 10.6. The molecule has 49 heavy (non-hydrogen) atoms. The summed E-state index contributed by atoms with van der Waals surface area (Å²) in [6, 6.07) is 14.0. The lowest BCUT2D eigenvalue weighted by molar-refractivity contribution is -0.131. The van der Waals surface area contributed by atoms with Crippen LogP contribution in [0.5, 0.6) is 6.01 Å². The quantitative estimate of drug-likeness (QED) is 0.228. The van der Waals surface area contributed by atoms with Gasteiger partial charge in [-0.15, -0.1) is 0 Å². The Balaban J connectivity index is 0.00000134. The predicted molar refractivity (Wildman–Crippen MR) is 182 cm³/mol. The minimum absolute atomic E-state index is 0.0611. The molecule has 0 bridgehead atoms. The highest BCUT2D eigenvalue weighted by Crippen LogP contribution is 2.47. The molecule has 1 aliphatic carbocycles. The first-order chi connectivity index (χ1) is 23.8. The molecule has 4 heterocycles. The average molecular weight is 691 g/mol. The number of carboxylic acid groups (broad SMARTS) is 1. The Hall–Kier alpha value is -4.31. The van der Waals surface area contributed by atoms with Crippen molar-refractivity contribution >= 4 is 40.6 Å². The summed E-state index contributed by atoms with van der Waals surface area (Å²) in [6.07, 6.45) is 5.07. The Morgan fingerprint density at radius 3 is 2.61 bits per heavy atom. The van der Waals surface area contributed by atoms with Gasteiger partial charge in [-0.2, -0.15) is 15.2 Å². The van der Waals surface area contributed by atoms with Gasteiger partial charge in [-0.05, 0) is 55.8 Å². The van der Waals surface area contributed by atoms with E-state index in [1.807, 2.05) is 30.3 Å². The molecule has 2 aromatic carbocycles. The molecular weight excluding hydrogens is 651 g/mol. The Bertz CT molecular complexity index is 1750. The van der Waals surface area contributed by atoms with Crippen molar-refractivity contribution in [3.63, 3.8) is 0 Å². The van der Waals surface area contributed by atoms with Gasteiger partial charge >= 0.3 is 6.01 Å². The molecule has 4 aliphatic rings. The Morgan fingerprint density at radius 1 is 1.18 bits per heavy atom. The number of halogens is 2. The standard InChI is InChI=1S/C35H38ClFN6O3.CH2O2/c1-23(37)33(44)43-17-16-42(19-25(43)10-13-38)32-27-20-45-30(26-8-4-6-24-7-5-9-28(36)31(24)26)18-29(27)39-34(40-32)46-22-35(11-12-35)21-41-14-2-3-15-41;2-1-3/h4-9,25,30H,1-3,10-12,14-22H2;1H,(H,2,3)/t25-,30?;/m0./s1. The smallest absolute Gasteiger partial charge is 0.318 e. The normalized spacial score (nSPS) is 21.2. The van der Waals surface area contributed by atoms with E-state index >= 15 is 0 Å². The molecule has 1 amide bonds. The van der Waals surface area contributed by atoms with Crippen LogP contribution in [0.1, 0.15) is 55.0 Å². The summed E-state index contributed by atoms with van der Waals surface area (Å²) >= 11 is 6.69. The minimum Gasteiger partial charge on any atom is -0.483 e. The van der Waals surface area contributed by atoms with Crippen molar-refractivity contribution in [2.75, 3.05) is 50.8 Å². The number of nitrogens with zero attached hydrogens (tertiary/aromatic N) is 6. The number of hydrogen-bond acceptors (Lipinski definition) is 9. The van der Waals surface area contributed by atoms with Gasteiger partial charge in [0, 0.05) is 54.0 Å². The first-order valence-corrected chi connectivity index (χ1v) is 17.0. The number of hydrogen-bond donors (Lipinski definition) is 1. The van der Waals surface area contributed by atoms with Crippen molar-refractivity contribution in [1.29, 1.82) is 5.26 Å². The van der Waals surface area contributed by atoms with Gasteiger partial charge < -0.3 is 29.3 Å². The first-order valence-electron chi connectivity index (χ1n) is 16.6. The van der Waals surface area contributed by atoms with Crippen LogP contribution in [0.3, 0.4) is 0 Å². The molecule has 1 unspecified atom stereocenters.